The van der Waals surface area contributed by atoms with Crippen LogP contribution in [0.15, 0.2) is 33.0 Å². The van der Waals surface area contributed by atoms with Crippen molar-refractivity contribution in [1.29, 1.82) is 0 Å². The number of aromatic amines is 2. The molecule has 0 amide bonds. The number of rotatable bonds is 2. The van der Waals surface area contributed by atoms with E-state index >= 15 is 0 Å². The zero-order valence-electron chi connectivity index (χ0n) is 21.3. The number of phosphoric acid groups is 2. The molecule has 0 aromatic carbocycles. The Kier molecular flexibility index (Phi) is 7.52. The molecule has 3 aromatic rings. The highest BCUT2D eigenvalue weighted by Crippen LogP contribution is 2.53. The molecular weight excluding hydrogens is 628 g/mol. The molecular formula is C19H23N7O15P2. The molecule has 24 heteroatoms. The van der Waals surface area contributed by atoms with Gasteiger partial charge in [0.05, 0.1) is 19.5 Å². The molecule has 3 aliphatic heterocycles. The second-order valence-electron chi connectivity index (χ2n) is 9.57. The Bertz CT molecular complexity index is 1820. The fourth-order valence-corrected chi connectivity index (χ4v) is 6.82. The van der Waals surface area contributed by atoms with Crippen LogP contribution in [0.4, 0.5) is 5.95 Å². The molecule has 0 radical (unpaired) electrons. The highest BCUT2D eigenvalue weighted by atomic mass is 31.2. The summed E-state index contributed by atoms with van der Waals surface area (Å²) < 4.78 is 59.3. The van der Waals surface area contributed by atoms with Crippen LogP contribution in [-0.2, 0) is 36.7 Å². The summed E-state index contributed by atoms with van der Waals surface area (Å²) in [6.45, 7) is -1.79. The molecule has 0 spiro atoms. The number of fused-ring (bicyclic) bond motifs is 3. The Hall–Kier alpha value is -3.11. The third-order valence-corrected chi connectivity index (χ3v) is 8.75. The quantitative estimate of drug-likeness (QED) is 0.134. The summed E-state index contributed by atoms with van der Waals surface area (Å²) in [6, 6.07) is 0.947. The number of aliphatic hydroxyl groups is 2. The first-order valence-electron chi connectivity index (χ1n) is 12.3. The molecule has 22 nitrogen and oxygen atoms in total. The number of ether oxygens (including phenoxy) is 2. The molecule has 4 unspecified atom stereocenters. The van der Waals surface area contributed by atoms with Crippen LogP contribution in [0.3, 0.4) is 0 Å². The number of aliphatic hydroxyl groups excluding tert-OH is 2. The maximum absolute atomic E-state index is 12.9. The van der Waals surface area contributed by atoms with Gasteiger partial charge in [-0.2, -0.15) is 4.98 Å². The number of nitrogen functional groups attached to an aromatic ring is 1. The second kappa shape index (κ2) is 10.8. The van der Waals surface area contributed by atoms with Gasteiger partial charge >= 0.3 is 21.3 Å². The van der Waals surface area contributed by atoms with E-state index in [0.717, 1.165) is 27.7 Å². The lowest BCUT2D eigenvalue weighted by molar-refractivity contribution is -0.0675. The van der Waals surface area contributed by atoms with Gasteiger partial charge in [-0.15, -0.1) is 0 Å². The van der Waals surface area contributed by atoms with Gasteiger partial charge in [0.25, 0.3) is 11.1 Å². The van der Waals surface area contributed by atoms with Gasteiger partial charge in [-0.1, -0.05) is 0 Å². The first-order chi connectivity index (χ1) is 20.2. The average Bonchev–Trinajstić information content (AvgIpc) is 3.56. The number of nitrogens with one attached hydrogen (secondary N) is 2. The maximum atomic E-state index is 12.9. The first kappa shape index (κ1) is 29.9. The van der Waals surface area contributed by atoms with Gasteiger partial charge in [0.2, 0.25) is 5.95 Å². The standard InChI is InChI=1S/C19H23N7O15P2/c20-18-23-14-9(15(30)24-18)21-5-26(14)17-11(29)13-7(39-17)4-37-42(32,33)40-12-6(3-36-43(34,35)41-13)38-16(10(12)28)25-2-1-8(27)22-19(25)31/h1-2,5-7,10-13,16-17,28-29H,3-4H2,(H,32,33)(H,34,35)(H,22,27,31)(H3,20,23,24,30)/t6-,7-,10-,11-,12?,13?,16+,17+/m0/s1. The Balaban J connectivity index is 1.29. The van der Waals surface area contributed by atoms with Gasteiger partial charge < -0.3 is 35.2 Å². The lowest BCUT2D eigenvalue weighted by atomic mass is 10.1. The molecule has 43 heavy (non-hydrogen) atoms. The minimum absolute atomic E-state index is 0.127. The lowest BCUT2D eigenvalue weighted by Gasteiger charge is -2.27. The van der Waals surface area contributed by atoms with Gasteiger partial charge in [-0.3, -0.25) is 46.8 Å². The van der Waals surface area contributed by atoms with Crippen molar-refractivity contribution in [3.05, 3.63) is 49.8 Å². The average molecular weight is 651 g/mol. The minimum Gasteiger partial charge on any atom is -0.386 e. The Labute approximate surface area is 236 Å². The van der Waals surface area contributed by atoms with Crippen LogP contribution in [0.2, 0.25) is 0 Å². The van der Waals surface area contributed by atoms with Crippen molar-refractivity contribution in [2.24, 2.45) is 0 Å². The molecule has 0 bridgehead atoms. The van der Waals surface area contributed by atoms with E-state index in [1.807, 2.05) is 4.98 Å². The molecule has 3 fully saturated rings. The summed E-state index contributed by atoms with van der Waals surface area (Å²) >= 11 is 0. The summed E-state index contributed by atoms with van der Waals surface area (Å²) in [5.74, 6) is -0.285. The molecule has 0 aliphatic carbocycles. The van der Waals surface area contributed by atoms with Crippen LogP contribution in [0.1, 0.15) is 12.5 Å². The second-order valence-corrected chi connectivity index (χ2v) is 12.4. The molecule has 10 atom stereocenters. The predicted octanol–water partition coefficient (Wildman–Crippen LogP) is -3.21. The van der Waals surface area contributed by atoms with Crippen LogP contribution in [-0.4, -0.2) is 98.9 Å². The van der Waals surface area contributed by atoms with Gasteiger partial charge in [0, 0.05) is 12.3 Å². The summed E-state index contributed by atoms with van der Waals surface area (Å²) in [7, 11) is -10.2. The molecule has 3 aliphatic rings. The largest absolute Gasteiger partial charge is 0.472 e. The SMILES string of the molecule is Nc1nc2c(ncn2[C@@H]2O[C@H]3COP(=O)(O)OC4[C@H](COP(=O)(O)OC3[C@@H]2O)O[C@@H](n2ccc(=O)[nH]c2=O)[C@H]4O)c(=O)[nH]1. The predicted molar refractivity (Wildman–Crippen MR) is 135 cm³/mol. The minimum atomic E-state index is -5.10. The van der Waals surface area contributed by atoms with Crippen LogP contribution in [0.25, 0.3) is 11.2 Å². The summed E-state index contributed by atoms with van der Waals surface area (Å²) in [6.07, 6.45) is -11.3. The molecule has 3 saturated heterocycles. The van der Waals surface area contributed by atoms with Crippen LogP contribution >= 0.6 is 15.6 Å². The lowest BCUT2D eigenvalue weighted by Crippen LogP contribution is -2.40. The summed E-state index contributed by atoms with van der Waals surface area (Å²) in [5, 5.41) is 21.9. The van der Waals surface area contributed by atoms with Crippen molar-refractivity contribution in [3.8, 4) is 0 Å². The number of anilines is 1. The van der Waals surface area contributed by atoms with Crippen LogP contribution in [0, 0.1) is 0 Å². The Morgan fingerprint density at radius 3 is 2.02 bits per heavy atom. The Morgan fingerprint density at radius 2 is 1.47 bits per heavy atom. The van der Waals surface area contributed by atoms with E-state index in [9.17, 15) is 43.5 Å². The first-order valence-corrected chi connectivity index (χ1v) is 15.2. The number of hydrogen-bond acceptors (Lipinski definition) is 16. The third-order valence-electron chi connectivity index (χ3n) is 6.78. The van der Waals surface area contributed by atoms with Crippen LogP contribution in [0.5, 0.6) is 0 Å². The van der Waals surface area contributed by atoms with Crippen LogP contribution < -0.4 is 22.5 Å². The molecule has 8 N–H and O–H groups in total. The fourth-order valence-electron chi connectivity index (χ4n) is 4.89. The van der Waals surface area contributed by atoms with E-state index < -0.39 is 94.7 Å². The van der Waals surface area contributed by atoms with Crippen molar-refractivity contribution in [2.75, 3.05) is 18.9 Å². The highest BCUT2D eigenvalue weighted by molar-refractivity contribution is 7.47. The fraction of sp³-hybridized carbons (Fsp3) is 0.526. The van der Waals surface area contributed by atoms with E-state index in [1.165, 1.54) is 0 Å². The molecule has 0 saturated carbocycles. The van der Waals surface area contributed by atoms with E-state index in [1.54, 1.807) is 0 Å². The van der Waals surface area contributed by atoms with Crippen molar-refractivity contribution >= 4 is 32.8 Å². The van der Waals surface area contributed by atoms with Crippen molar-refractivity contribution in [3.63, 3.8) is 0 Å². The van der Waals surface area contributed by atoms with Crippen molar-refractivity contribution in [1.82, 2.24) is 29.1 Å². The zero-order valence-corrected chi connectivity index (χ0v) is 23.1. The zero-order chi connectivity index (χ0) is 30.8. The number of phosphoric ester groups is 2. The Morgan fingerprint density at radius 1 is 0.907 bits per heavy atom. The molecule has 6 rings (SSSR count). The normalized spacial score (nSPS) is 38.7. The van der Waals surface area contributed by atoms with Gasteiger partial charge in [0.1, 0.15) is 36.6 Å². The number of aromatic nitrogens is 6. The molecule has 3 aromatic heterocycles. The van der Waals surface area contributed by atoms with Crippen molar-refractivity contribution in [2.45, 2.75) is 49.1 Å². The molecule has 234 valence electrons. The topological polar surface area (TPSA) is 315 Å². The van der Waals surface area contributed by atoms with Gasteiger partial charge in [-0.05, 0) is 0 Å². The smallest absolute Gasteiger partial charge is 0.386 e. The number of imidazole rings is 1. The third kappa shape index (κ3) is 5.64. The number of nitrogens with zero attached hydrogens (tertiary/aromatic N) is 4. The monoisotopic (exact) mass is 651 g/mol. The van der Waals surface area contributed by atoms with Gasteiger partial charge in [0.15, 0.2) is 23.6 Å². The van der Waals surface area contributed by atoms with E-state index in [2.05, 4.69) is 15.0 Å². The highest BCUT2D eigenvalue weighted by Gasteiger charge is 2.53. The summed E-state index contributed by atoms with van der Waals surface area (Å²) in [4.78, 5) is 68.8. The summed E-state index contributed by atoms with van der Waals surface area (Å²) in [5.41, 5.74) is 2.85. The number of H-pyrrole nitrogens is 2. The van der Waals surface area contributed by atoms with E-state index in [4.69, 9.17) is 33.3 Å². The van der Waals surface area contributed by atoms with Crippen molar-refractivity contribution < 1.29 is 56.7 Å². The number of nitrogens with two attached hydrogens (primary N) is 1. The van der Waals surface area contributed by atoms with E-state index in [-0.39, 0.29) is 17.1 Å². The molecule has 6 heterocycles. The maximum Gasteiger partial charge on any atom is 0.472 e. The van der Waals surface area contributed by atoms with Gasteiger partial charge in [-0.25, -0.2) is 18.9 Å². The number of hydrogen-bond donors (Lipinski definition) is 7. The van der Waals surface area contributed by atoms with E-state index in [0.29, 0.717) is 0 Å².